The maximum Gasteiger partial charge on any atom is 0.157 e. The van der Waals surface area contributed by atoms with Crippen LogP contribution in [0.5, 0.6) is 0 Å². The molecule has 0 aromatic carbocycles. The van der Waals surface area contributed by atoms with E-state index in [4.69, 9.17) is 37.9 Å². The molecule has 3 aliphatic rings. The Hall–Kier alpha value is -0.320. The van der Waals surface area contributed by atoms with Crippen molar-refractivity contribution in [3.8, 4) is 0 Å². The lowest BCUT2D eigenvalue weighted by atomic mass is 10.2. The lowest BCUT2D eigenvalue weighted by Crippen LogP contribution is -2.28. The van der Waals surface area contributed by atoms with E-state index in [1.54, 1.807) is 0 Å². The number of rotatable bonds is 17. The van der Waals surface area contributed by atoms with E-state index in [9.17, 15) is 0 Å². The Morgan fingerprint density at radius 3 is 1.93 bits per heavy atom. The highest BCUT2D eigenvalue weighted by atomic mass is 16.7. The Balaban J connectivity index is 1.19. The van der Waals surface area contributed by atoms with E-state index in [1.165, 1.54) is 12.8 Å². The van der Waals surface area contributed by atoms with Gasteiger partial charge in [-0.1, -0.05) is 0 Å². The summed E-state index contributed by atoms with van der Waals surface area (Å²) < 4.78 is 45.3. The minimum absolute atomic E-state index is 0.0332. The second kappa shape index (κ2) is 15.5. The predicted octanol–water partition coefficient (Wildman–Crippen LogP) is 2.67. The third-order valence-electron chi connectivity index (χ3n) is 5.27. The molecule has 0 radical (unpaired) electrons. The van der Waals surface area contributed by atoms with Crippen LogP contribution in [0.1, 0.15) is 51.4 Å². The monoisotopic (exact) mass is 432 g/mol. The highest BCUT2D eigenvalue weighted by Gasteiger charge is 2.23. The van der Waals surface area contributed by atoms with Crippen LogP contribution in [0.4, 0.5) is 0 Å². The van der Waals surface area contributed by atoms with Gasteiger partial charge < -0.3 is 37.9 Å². The average Bonchev–Trinajstić information content (AvgIpc) is 3.61. The van der Waals surface area contributed by atoms with E-state index in [0.29, 0.717) is 46.2 Å². The zero-order chi connectivity index (χ0) is 20.7. The maximum absolute atomic E-state index is 5.97. The van der Waals surface area contributed by atoms with Crippen molar-refractivity contribution in [2.45, 2.75) is 76.2 Å². The van der Waals surface area contributed by atoms with E-state index in [1.807, 2.05) is 0 Å². The molecule has 4 unspecified atom stereocenters. The first-order chi connectivity index (χ1) is 14.9. The molecule has 0 saturated carbocycles. The van der Waals surface area contributed by atoms with Crippen LogP contribution in [-0.4, -0.2) is 90.9 Å². The molecule has 0 amide bonds. The summed E-state index contributed by atoms with van der Waals surface area (Å²) in [6, 6.07) is 0. The molecule has 0 aromatic heterocycles. The van der Waals surface area contributed by atoms with Gasteiger partial charge in [-0.3, -0.25) is 0 Å². The Bertz CT molecular complexity index is 408. The van der Waals surface area contributed by atoms with E-state index < -0.39 is 0 Å². The molecular formula is C22H40O8. The fraction of sp³-hybridized carbons (Fsp3) is 1.00. The van der Waals surface area contributed by atoms with Crippen LogP contribution < -0.4 is 0 Å². The number of epoxide rings is 1. The highest BCUT2D eigenvalue weighted by Crippen LogP contribution is 2.15. The van der Waals surface area contributed by atoms with Gasteiger partial charge >= 0.3 is 0 Å². The fourth-order valence-corrected chi connectivity index (χ4v) is 3.44. The van der Waals surface area contributed by atoms with Crippen molar-refractivity contribution in [3.05, 3.63) is 0 Å². The number of hydrogen-bond acceptors (Lipinski definition) is 8. The SMILES string of the molecule is C1CCC(OCCCOCC(COCC2CO2)OCCCOC2CCCCO2)OC1. The Labute approximate surface area is 180 Å². The molecule has 8 nitrogen and oxygen atoms in total. The third-order valence-corrected chi connectivity index (χ3v) is 5.27. The van der Waals surface area contributed by atoms with Gasteiger partial charge in [0.1, 0.15) is 12.2 Å². The summed E-state index contributed by atoms with van der Waals surface area (Å²) in [5, 5.41) is 0. The number of ether oxygens (including phenoxy) is 8. The van der Waals surface area contributed by atoms with Crippen LogP contribution in [0.3, 0.4) is 0 Å². The summed E-state index contributed by atoms with van der Waals surface area (Å²) >= 11 is 0. The summed E-state index contributed by atoms with van der Waals surface area (Å²) in [6.45, 7) is 6.63. The van der Waals surface area contributed by atoms with E-state index in [-0.39, 0.29) is 24.8 Å². The lowest BCUT2D eigenvalue weighted by Gasteiger charge is -2.23. The van der Waals surface area contributed by atoms with E-state index >= 15 is 0 Å². The van der Waals surface area contributed by atoms with Crippen molar-refractivity contribution >= 4 is 0 Å². The van der Waals surface area contributed by atoms with Crippen molar-refractivity contribution in [2.24, 2.45) is 0 Å². The minimum atomic E-state index is -0.0859. The minimum Gasteiger partial charge on any atom is -0.379 e. The van der Waals surface area contributed by atoms with Gasteiger partial charge in [0.05, 0.1) is 39.6 Å². The van der Waals surface area contributed by atoms with Crippen molar-refractivity contribution in [1.29, 1.82) is 0 Å². The Morgan fingerprint density at radius 1 is 0.700 bits per heavy atom. The lowest BCUT2D eigenvalue weighted by molar-refractivity contribution is -0.166. The molecule has 3 rings (SSSR count). The summed E-state index contributed by atoms with van der Waals surface area (Å²) in [4.78, 5) is 0. The van der Waals surface area contributed by atoms with E-state index in [0.717, 1.165) is 58.3 Å². The molecule has 3 heterocycles. The normalized spacial score (nSPS) is 27.8. The summed E-state index contributed by atoms with van der Waals surface area (Å²) in [5.41, 5.74) is 0. The first-order valence-electron chi connectivity index (χ1n) is 11.8. The van der Waals surface area contributed by atoms with Crippen LogP contribution in [0.15, 0.2) is 0 Å². The fourth-order valence-electron chi connectivity index (χ4n) is 3.44. The van der Waals surface area contributed by atoms with Crippen LogP contribution in [0.2, 0.25) is 0 Å². The topological polar surface area (TPSA) is 77.1 Å². The molecule has 176 valence electrons. The second-order valence-electron chi connectivity index (χ2n) is 8.10. The highest BCUT2D eigenvalue weighted by molar-refractivity contribution is 4.68. The van der Waals surface area contributed by atoms with Gasteiger partial charge in [-0.15, -0.1) is 0 Å². The largest absolute Gasteiger partial charge is 0.379 e. The van der Waals surface area contributed by atoms with Gasteiger partial charge in [-0.2, -0.15) is 0 Å². The molecule has 0 aliphatic carbocycles. The maximum atomic E-state index is 5.97. The van der Waals surface area contributed by atoms with Crippen LogP contribution in [0, 0.1) is 0 Å². The first kappa shape index (κ1) is 24.3. The van der Waals surface area contributed by atoms with Crippen LogP contribution >= 0.6 is 0 Å². The number of hydrogen-bond donors (Lipinski definition) is 0. The molecule has 30 heavy (non-hydrogen) atoms. The summed E-state index contributed by atoms with van der Waals surface area (Å²) in [5.74, 6) is 0. The van der Waals surface area contributed by atoms with Gasteiger partial charge in [0.2, 0.25) is 0 Å². The van der Waals surface area contributed by atoms with E-state index in [2.05, 4.69) is 0 Å². The van der Waals surface area contributed by atoms with Gasteiger partial charge in [0.25, 0.3) is 0 Å². The zero-order valence-electron chi connectivity index (χ0n) is 18.3. The zero-order valence-corrected chi connectivity index (χ0v) is 18.3. The second-order valence-corrected chi connectivity index (χ2v) is 8.10. The first-order valence-corrected chi connectivity index (χ1v) is 11.8. The Morgan fingerprint density at radius 2 is 1.33 bits per heavy atom. The van der Waals surface area contributed by atoms with Gasteiger partial charge in [0.15, 0.2) is 12.6 Å². The molecule has 4 atom stereocenters. The molecule has 0 bridgehead atoms. The Kier molecular flexibility index (Phi) is 12.5. The van der Waals surface area contributed by atoms with Crippen LogP contribution in [-0.2, 0) is 37.9 Å². The van der Waals surface area contributed by atoms with Gasteiger partial charge in [-0.25, -0.2) is 0 Å². The van der Waals surface area contributed by atoms with Crippen LogP contribution in [0.25, 0.3) is 0 Å². The summed E-state index contributed by atoms with van der Waals surface area (Å²) in [6.07, 6.45) is 8.40. The standard InChI is InChI=1S/C22H40O8/c1-3-10-26-21(7-1)28-13-5-9-23-15-19(16-24-17-20-18-30-20)25-12-6-14-29-22-8-2-4-11-27-22/h19-22H,1-18H2. The van der Waals surface area contributed by atoms with Crippen molar-refractivity contribution < 1.29 is 37.9 Å². The molecule has 0 aromatic rings. The summed E-state index contributed by atoms with van der Waals surface area (Å²) in [7, 11) is 0. The molecule has 0 spiro atoms. The molecular weight excluding hydrogens is 392 g/mol. The van der Waals surface area contributed by atoms with Gasteiger partial charge in [-0.05, 0) is 51.4 Å². The third kappa shape index (κ3) is 11.3. The van der Waals surface area contributed by atoms with Crippen molar-refractivity contribution in [3.63, 3.8) is 0 Å². The smallest absolute Gasteiger partial charge is 0.157 e. The molecule has 8 heteroatoms. The van der Waals surface area contributed by atoms with Crippen molar-refractivity contribution in [2.75, 3.05) is 66.1 Å². The molecule has 3 aliphatic heterocycles. The molecule has 3 saturated heterocycles. The molecule has 3 fully saturated rings. The molecule has 0 N–H and O–H groups in total. The quantitative estimate of drug-likeness (QED) is 0.256. The average molecular weight is 433 g/mol. The van der Waals surface area contributed by atoms with Gasteiger partial charge in [0, 0.05) is 26.4 Å². The van der Waals surface area contributed by atoms with Crippen molar-refractivity contribution in [1.82, 2.24) is 0 Å². The predicted molar refractivity (Wildman–Crippen MR) is 109 cm³/mol.